The minimum absolute atomic E-state index is 0.0182. The molecule has 0 rings (SSSR count). The lowest BCUT2D eigenvalue weighted by atomic mass is 10.2. The first-order chi connectivity index (χ1) is 6.12. The second kappa shape index (κ2) is 7.10. The van der Waals surface area contributed by atoms with Crippen LogP contribution in [0, 0.1) is 0 Å². The number of rotatable bonds is 7. The first-order valence-corrected chi connectivity index (χ1v) is 6.62. The van der Waals surface area contributed by atoms with Gasteiger partial charge in [0, 0.05) is 6.16 Å². The summed E-state index contributed by atoms with van der Waals surface area (Å²) in [5.74, 6) is 0. The van der Waals surface area contributed by atoms with Gasteiger partial charge in [0.1, 0.15) is 0 Å². The molecular weight excluding hydrogens is 189 g/mol. The highest BCUT2D eigenvalue weighted by Crippen LogP contribution is 2.40. The second-order valence-electron chi connectivity index (χ2n) is 3.11. The normalized spacial score (nSPS) is 16.2. The number of unbranched alkanes of at least 4 members (excludes halogenated alkanes) is 3. The molecule has 5 heteroatoms. The van der Waals surface area contributed by atoms with Crippen LogP contribution in [0.3, 0.4) is 0 Å². The van der Waals surface area contributed by atoms with Gasteiger partial charge in [-0.3, -0.25) is 4.57 Å². The van der Waals surface area contributed by atoms with E-state index in [0.29, 0.717) is 6.16 Å². The molecule has 0 spiro atoms. The van der Waals surface area contributed by atoms with Crippen LogP contribution < -0.4 is 0 Å². The average molecular weight is 207 g/mol. The lowest BCUT2D eigenvalue weighted by molar-refractivity contribution is 0.321. The predicted molar refractivity (Wildman–Crippen MR) is 54.0 cm³/mol. The van der Waals surface area contributed by atoms with Crippen molar-refractivity contribution in [2.24, 2.45) is 5.16 Å². The van der Waals surface area contributed by atoms with Crippen LogP contribution in [0.2, 0.25) is 0 Å². The molecule has 0 radical (unpaired) electrons. The number of oxime groups is 1. The lowest BCUT2D eigenvalue weighted by Gasteiger charge is -2.07. The quantitative estimate of drug-likeness (QED) is 0.221. The Bertz CT molecular complexity index is 194. The topological polar surface area (TPSA) is 69.9 Å². The van der Waals surface area contributed by atoms with E-state index in [1.165, 1.54) is 0 Å². The van der Waals surface area contributed by atoms with E-state index in [1.54, 1.807) is 0 Å². The van der Waals surface area contributed by atoms with E-state index < -0.39 is 7.37 Å². The van der Waals surface area contributed by atoms with E-state index in [-0.39, 0.29) is 6.16 Å². The minimum atomic E-state index is -3.06. The van der Waals surface area contributed by atoms with E-state index in [0.717, 1.165) is 31.9 Å². The molecule has 0 aromatic heterocycles. The molecule has 0 bridgehead atoms. The summed E-state index contributed by atoms with van der Waals surface area (Å²) in [4.78, 5) is 9.30. The van der Waals surface area contributed by atoms with E-state index in [1.807, 2.05) is 0 Å². The van der Waals surface area contributed by atoms with Crippen molar-refractivity contribution >= 4 is 13.6 Å². The summed E-state index contributed by atoms with van der Waals surface area (Å²) < 4.78 is 11.3. The van der Waals surface area contributed by atoms with E-state index in [2.05, 4.69) is 12.1 Å². The zero-order chi connectivity index (χ0) is 10.2. The maximum absolute atomic E-state index is 11.3. The molecule has 1 atom stereocenters. The van der Waals surface area contributed by atoms with Crippen molar-refractivity contribution in [2.45, 2.75) is 32.6 Å². The van der Waals surface area contributed by atoms with Crippen molar-refractivity contribution in [2.75, 3.05) is 12.3 Å². The van der Waals surface area contributed by atoms with Gasteiger partial charge in [-0.15, -0.1) is 5.16 Å². The Hall–Kier alpha value is -0.340. The Morgan fingerprint density at radius 2 is 2.08 bits per heavy atom. The van der Waals surface area contributed by atoms with Crippen molar-refractivity contribution in [3.8, 4) is 0 Å². The van der Waals surface area contributed by atoms with Crippen molar-refractivity contribution in [3.05, 3.63) is 0 Å². The molecule has 1 unspecified atom stereocenters. The maximum atomic E-state index is 11.3. The molecule has 13 heavy (non-hydrogen) atoms. The van der Waals surface area contributed by atoms with Crippen molar-refractivity contribution < 1.29 is 14.7 Å². The van der Waals surface area contributed by atoms with Crippen LogP contribution in [0.15, 0.2) is 5.16 Å². The highest BCUT2D eigenvalue weighted by Gasteiger charge is 2.15. The van der Waals surface area contributed by atoms with Crippen LogP contribution in [0.5, 0.6) is 0 Å². The summed E-state index contributed by atoms with van der Waals surface area (Å²) >= 11 is 0. The van der Waals surface area contributed by atoms with Gasteiger partial charge < -0.3 is 10.1 Å². The van der Waals surface area contributed by atoms with Gasteiger partial charge in [-0.2, -0.15) is 0 Å². The molecule has 78 valence electrons. The van der Waals surface area contributed by atoms with Crippen LogP contribution >= 0.6 is 7.37 Å². The van der Waals surface area contributed by atoms with Crippen LogP contribution in [-0.2, 0) is 4.57 Å². The monoisotopic (exact) mass is 207 g/mol. The molecule has 0 aliphatic rings. The van der Waals surface area contributed by atoms with E-state index in [9.17, 15) is 9.46 Å². The van der Waals surface area contributed by atoms with Gasteiger partial charge in [0.05, 0.1) is 12.4 Å². The summed E-state index contributed by atoms with van der Waals surface area (Å²) in [6.45, 7) is 2.09. The number of hydrogen-bond donors (Lipinski definition) is 2. The third-order valence-corrected chi connectivity index (χ3v) is 3.56. The van der Waals surface area contributed by atoms with E-state index >= 15 is 0 Å². The van der Waals surface area contributed by atoms with Crippen LogP contribution in [0.1, 0.15) is 32.6 Å². The standard InChI is InChI=1S/C8H18NO3P/c1-2-3-4-5-7-13(11,12)8-6-9-10/h6,10H,2-5,7-8H2,1H3,(H,11,12). The molecule has 0 aromatic carbocycles. The first kappa shape index (κ1) is 12.7. The van der Waals surface area contributed by atoms with Crippen molar-refractivity contribution in [1.29, 1.82) is 0 Å². The molecule has 0 amide bonds. The smallest absolute Gasteiger partial charge is 0.205 e. The number of nitrogens with zero attached hydrogens (tertiary/aromatic N) is 1. The summed E-state index contributed by atoms with van der Waals surface area (Å²) in [7, 11) is -3.06. The Morgan fingerprint density at radius 1 is 1.38 bits per heavy atom. The van der Waals surface area contributed by atoms with Gasteiger partial charge in [0.2, 0.25) is 7.37 Å². The fourth-order valence-corrected chi connectivity index (χ4v) is 2.27. The average Bonchev–Trinajstić information content (AvgIpc) is 2.09. The predicted octanol–water partition coefficient (Wildman–Crippen LogP) is 2.30. The summed E-state index contributed by atoms with van der Waals surface area (Å²) in [5.41, 5.74) is 0. The zero-order valence-electron chi connectivity index (χ0n) is 8.02. The van der Waals surface area contributed by atoms with Crippen LogP contribution in [0.25, 0.3) is 0 Å². The van der Waals surface area contributed by atoms with Gasteiger partial charge in [-0.25, -0.2) is 0 Å². The molecular formula is C8H18NO3P. The Labute approximate surface area is 79.1 Å². The van der Waals surface area contributed by atoms with Crippen LogP contribution in [-0.4, -0.2) is 28.6 Å². The lowest BCUT2D eigenvalue weighted by Crippen LogP contribution is -1.96. The Balaban J connectivity index is 3.57. The molecule has 0 aliphatic carbocycles. The minimum Gasteiger partial charge on any atom is -0.411 e. The third-order valence-electron chi connectivity index (χ3n) is 1.81. The first-order valence-electron chi connectivity index (χ1n) is 4.59. The highest BCUT2D eigenvalue weighted by molar-refractivity contribution is 7.58. The summed E-state index contributed by atoms with van der Waals surface area (Å²) in [6, 6.07) is 0. The summed E-state index contributed by atoms with van der Waals surface area (Å²) in [6.07, 6.45) is 5.40. The van der Waals surface area contributed by atoms with Gasteiger partial charge in [0.15, 0.2) is 0 Å². The second-order valence-corrected chi connectivity index (χ2v) is 5.62. The van der Waals surface area contributed by atoms with Gasteiger partial charge >= 0.3 is 0 Å². The van der Waals surface area contributed by atoms with Gasteiger partial charge in [-0.05, 0) is 6.42 Å². The highest BCUT2D eigenvalue weighted by atomic mass is 31.2. The Morgan fingerprint density at radius 3 is 2.62 bits per heavy atom. The van der Waals surface area contributed by atoms with Gasteiger partial charge in [-0.1, -0.05) is 26.2 Å². The molecule has 0 aromatic rings. The molecule has 2 N–H and O–H groups in total. The maximum Gasteiger partial charge on any atom is 0.205 e. The molecule has 0 saturated carbocycles. The largest absolute Gasteiger partial charge is 0.411 e. The number of hydrogen-bond acceptors (Lipinski definition) is 3. The fourth-order valence-electron chi connectivity index (χ4n) is 1.04. The molecule has 0 saturated heterocycles. The fraction of sp³-hybridized carbons (Fsp3) is 0.875. The molecule has 0 aliphatic heterocycles. The summed E-state index contributed by atoms with van der Waals surface area (Å²) in [5, 5.41) is 10.8. The third kappa shape index (κ3) is 8.00. The Kier molecular flexibility index (Phi) is 6.92. The molecule has 0 heterocycles. The van der Waals surface area contributed by atoms with Crippen molar-refractivity contribution in [3.63, 3.8) is 0 Å². The SMILES string of the molecule is CCCCCCP(=O)(O)CC=NO. The van der Waals surface area contributed by atoms with E-state index in [4.69, 9.17) is 5.21 Å². The molecule has 4 nitrogen and oxygen atoms in total. The van der Waals surface area contributed by atoms with Crippen LogP contribution in [0.4, 0.5) is 0 Å². The van der Waals surface area contributed by atoms with Gasteiger partial charge in [0.25, 0.3) is 0 Å². The molecule has 0 fully saturated rings. The zero-order valence-corrected chi connectivity index (χ0v) is 8.91. The van der Waals surface area contributed by atoms with Crippen molar-refractivity contribution in [1.82, 2.24) is 0 Å².